The molecule has 0 saturated carbocycles. The maximum Gasteiger partial charge on any atom is 0.227 e. The number of sulfonamides is 1. The molecular weight excluding hydrogens is 340 g/mol. The number of carbonyl (C=O) groups is 1. The summed E-state index contributed by atoms with van der Waals surface area (Å²) in [5.74, 6) is 0.955. The smallest absolute Gasteiger partial charge is 0.227 e. The number of ether oxygens (including phenoxy) is 1. The lowest BCUT2D eigenvalue weighted by molar-refractivity contribution is -0.130. The molecule has 2 rings (SSSR count). The molecule has 0 N–H and O–H groups in total. The molecule has 0 radical (unpaired) electrons. The molecule has 0 bridgehead atoms. The van der Waals surface area contributed by atoms with Gasteiger partial charge in [0.05, 0.1) is 19.3 Å². The third kappa shape index (κ3) is 5.71. The molecule has 1 aliphatic rings. The summed E-state index contributed by atoms with van der Waals surface area (Å²) >= 11 is 0. The molecule has 1 heterocycles. The normalized spacial score (nSPS) is 16.5. The van der Waals surface area contributed by atoms with Crippen LogP contribution >= 0.6 is 0 Å². The Morgan fingerprint density at radius 2 is 2.00 bits per heavy atom. The zero-order valence-corrected chi connectivity index (χ0v) is 15.9. The predicted octanol–water partition coefficient (Wildman–Crippen LogP) is 1.90. The van der Waals surface area contributed by atoms with E-state index in [9.17, 15) is 13.2 Å². The van der Waals surface area contributed by atoms with Crippen LogP contribution in [0.15, 0.2) is 24.3 Å². The van der Waals surface area contributed by atoms with E-state index in [-0.39, 0.29) is 11.7 Å². The highest BCUT2D eigenvalue weighted by molar-refractivity contribution is 7.89. The summed E-state index contributed by atoms with van der Waals surface area (Å²) in [6.07, 6.45) is 2.52. The Morgan fingerprint density at radius 1 is 1.20 bits per heavy atom. The van der Waals surface area contributed by atoms with E-state index in [1.165, 1.54) is 0 Å². The minimum Gasteiger partial charge on any atom is -0.497 e. The largest absolute Gasteiger partial charge is 0.497 e. The first-order valence-electron chi connectivity index (χ1n) is 8.85. The molecule has 1 saturated heterocycles. The number of hydrogen-bond acceptors (Lipinski definition) is 4. The molecule has 140 valence electrons. The maximum absolute atomic E-state index is 12.6. The number of nitrogens with zero attached hydrogens (tertiary/aromatic N) is 2. The molecular formula is C18H28N2O4S. The fourth-order valence-electron chi connectivity index (χ4n) is 2.95. The minimum absolute atomic E-state index is 0.0288. The highest BCUT2D eigenvalue weighted by Gasteiger charge is 2.26. The van der Waals surface area contributed by atoms with Gasteiger partial charge in [0.2, 0.25) is 15.9 Å². The van der Waals surface area contributed by atoms with Crippen molar-refractivity contribution in [1.29, 1.82) is 0 Å². The molecule has 1 aliphatic heterocycles. The van der Waals surface area contributed by atoms with Crippen LogP contribution in [-0.4, -0.2) is 62.6 Å². The van der Waals surface area contributed by atoms with Crippen LogP contribution in [0, 0.1) is 0 Å². The van der Waals surface area contributed by atoms with Crippen LogP contribution in [0.1, 0.15) is 31.7 Å². The van der Waals surface area contributed by atoms with Gasteiger partial charge in [0.25, 0.3) is 0 Å². The second-order valence-electron chi connectivity index (χ2n) is 6.33. The van der Waals surface area contributed by atoms with Crippen molar-refractivity contribution >= 4 is 15.9 Å². The summed E-state index contributed by atoms with van der Waals surface area (Å²) in [7, 11) is -1.61. The van der Waals surface area contributed by atoms with E-state index in [4.69, 9.17) is 4.74 Å². The Morgan fingerprint density at radius 3 is 2.72 bits per heavy atom. The van der Waals surface area contributed by atoms with E-state index in [1.807, 2.05) is 31.2 Å². The quantitative estimate of drug-likeness (QED) is 0.737. The first kappa shape index (κ1) is 19.7. The number of unbranched alkanes of at least 4 members (excludes halogenated alkanes) is 1. The van der Waals surface area contributed by atoms with Gasteiger partial charge in [0, 0.05) is 26.2 Å². The first-order chi connectivity index (χ1) is 12.0. The average Bonchev–Trinajstić information content (AvgIpc) is 2.87. The summed E-state index contributed by atoms with van der Waals surface area (Å²) in [5, 5.41) is 0. The summed E-state index contributed by atoms with van der Waals surface area (Å²) in [6, 6.07) is 7.47. The van der Waals surface area contributed by atoms with Crippen molar-refractivity contribution in [3.63, 3.8) is 0 Å². The Labute approximate surface area is 150 Å². The number of carbonyl (C=O) groups excluding carboxylic acids is 1. The number of rotatable bonds is 7. The van der Waals surface area contributed by atoms with Gasteiger partial charge in [0.1, 0.15) is 5.75 Å². The van der Waals surface area contributed by atoms with Gasteiger partial charge < -0.3 is 9.64 Å². The lowest BCUT2D eigenvalue weighted by Gasteiger charge is -2.22. The first-order valence-corrected chi connectivity index (χ1v) is 10.5. The Kier molecular flexibility index (Phi) is 7.25. The fourth-order valence-corrected chi connectivity index (χ4v) is 4.62. The van der Waals surface area contributed by atoms with Gasteiger partial charge in [0.15, 0.2) is 0 Å². The van der Waals surface area contributed by atoms with Crippen molar-refractivity contribution in [1.82, 2.24) is 9.21 Å². The molecule has 1 amide bonds. The number of methoxy groups -OCH3 is 1. The lowest BCUT2D eigenvalue weighted by atomic mass is 10.1. The molecule has 6 nitrogen and oxygen atoms in total. The zero-order chi connectivity index (χ0) is 18.3. The van der Waals surface area contributed by atoms with Crippen molar-refractivity contribution in [2.45, 2.75) is 32.6 Å². The Hall–Kier alpha value is -1.60. The Balaban J connectivity index is 1.94. The van der Waals surface area contributed by atoms with Crippen molar-refractivity contribution in [2.75, 3.05) is 39.0 Å². The average molecular weight is 368 g/mol. The summed E-state index contributed by atoms with van der Waals surface area (Å²) in [5.41, 5.74) is 0.904. The second kappa shape index (κ2) is 9.20. The van der Waals surface area contributed by atoms with Crippen LogP contribution in [0.25, 0.3) is 0 Å². The molecule has 0 aromatic heterocycles. The minimum atomic E-state index is -3.21. The van der Waals surface area contributed by atoms with Gasteiger partial charge in [-0.1, -0.05) is 25.5 Å². The van der Waals surface area contributed by atoms with Crippen LogP contribution in [0.2, 0.25) is 0 Å². The van der Waals surface area contributed by atoms with Gasteiger partial charge in [-0.05, 0) is 30.5 Å². The van der Waals surface area contributed by atoms with E-state index in [2.05, 4.69) is 0 Å². The molecule has 0 aliphatic carbocycles. The second-order valence-corrected chi connectivity index (χ2v) is 8.42. The monoisotopic (exact) mass is 368 g/mol. The summed E-state index contributed by atoms with van der Waals surface area (Å²) in [4.78, 5) is 14.3. The van der Waals surface area contributed by atoms with Crippen molar-refractivity contribution in [3.05, 3.63) is 29.8 Å². The maximum atomic E-state index is 12.6. The van der Waals surface area contributed by atoms with Gasteiger partial charge in [-0.25, -0.2) is 12.7 Å². The van der Waals surface area contributed by atoms with Crippen LogP contribution in [0.3, 0.4) is 0 Å². The third-order valence-corrected chi connectivity index (χ3v) is 6.40. The molecule has 0 spiro atoms. The van der Waals surface area contributed by atoms with Crippen LogP contribution < -0.4 is 4.74 Å². The van der Waals surface area contributed by atoms with Gasteiger partial charge in [-0.3, -0.25) is 4.79 Å². The molecule has 1 fully saturated rings. The van der Waals surface area contributed by atoms with Crippen molar-refractivity contribution < 1.29 is 17.9 Å². The molecule has 7 heteroatoms. The SMILES string of the molecule is CCCCS(=O)(=O)N1CCCN(C(=O)Cc2cccc(OC)c2)CC1. The topological polar surface area (TPSA) is 66.9 Å². The van der Waals surface area contributed by atoms with Crippen LogP contribution in [0.5, 0.6) is 5.75 Å². The number of amides is 1. The summed E-state index contributed by atoms with van der Waals surface area (Å²) in [6.45, 7) is 3.92. The van der Waals surface area contributed by atoms with E-state index < -0.39 is 10.0 Å². The highest BCUT2D eigenvalue weighted by atomic mass is 32.2. The van der Waals surface area contributed by atoms with Gasteiger partial charge in [-0.15, -0.1) is 0 Å². The number of benzene rings is 1. The predicted molar refractivity (Wildman–Crippen MR) is 98.2 cm³/mol. The third-order valence-electron chi connectivity index (χ3n) is 4.45. The Bertz CT molecular complexity index is 675. The fraction of sp³-hybridized carbons (Fsp3) is 0.611. The van der Waals surface area contributed by atoms with Gasteiger partial charge >= 0.3 is 0 Å². The van der Waals surface area contributed by atoms with Crippen LogP contribution in [0.4, 0.5) is 0 Å². The highest BCUT2D eigenvalue weighted by Crippen LogP contribution is 2.15. The van der Waals surface area contributed by atoms with Crippen molar-refractivity contribution in [3.8, 4) is 5.75 Å². The van der Waals surface area contributed by atoms with Gasteiger partial charge in [-0.2, -0.15) is 0 Å². The molecule has 25 heavy (non-hydrogen) atoms. The van der Waals surface area contributed by atoms with E-state index >= 15 is 0 Å². The van der Waals surface area contributed by atoms with Crippen LogP contribution in [-0.2, 0) is 21.2 Å². The molecule has 1 aromatic rings. The standard InChI is InChI=1S/C18H28N2O4S/c1-3-4-13-25(22,23)20-10-6-9-19(11-12-20)18(21)15-16-7-5-8-17(14-16)24-2/h5,7-8,14H,3-4,6,9-13,15H2,1-2H3. The molecule has 1 aromatic carbocycles. The molecule has 0 unspecified atom stereocenters. The van der Waals surface area contributed by atoms with E-state index in [0.29, 0.717) is 45.4 Å². The summed E-state index contributed by atoms with van der Waals surface area (Å²) < 4.78 is 31.4. The van der Waals surface area contributed by atoms with E-state index in [1.54, 1.807) is 16.3 Å². The lowest BCUT2D eigenvalue weighted by Crippen LogP contribution is -2.38. The zero-order valence-electron chi connectivity index (χ0n) is 15.1. The number of hydrogen-bond donors (Lipinski definition) is 0. The van der Waals surface area contributed by atoms with Crippen molar-refractivity contribution in [2.24, 2.45) is 0 Å². The molecule has 0 atom stereocenters. The van der Waals surface area contributed by atoms with E-state index in [0.717, 1.165) is 17.7 Å².